The second kappa shape index (κ2) is 6.23. The van der Waals surface area contributed by atoms with Gasteiger partial charge in [0.2, 0.25) is 5.91 Å². The van der Waals surface area contributed by atoms with Crippen LogP contribution in [0, 0.1) is 5.92 Å². The molecule has 0 spiro atoms. The summed E-state index contributed by atoms with van der Waals surface area (Å²) in [7, 11) is 0. The number of rotatable bonds is 7. The normalized spacial score (nSPS) is 24.7. The summed E-state index contributed by atoms with van der Waals surface area (Å²) < 4.78 is 0. The Morgan fingerprint density at radius 1 is 1.11 bits per heavy atom. The summed E-state index contributed by atoms with van der Waals surface area (Å²) in [6.07, 6.45) is 8.36. The quantitative estimate of drug-likeness (QED) is 0.725. The van der Waals surface area contributed by atoms with Crippen molar-refractivity contribution < 1.29 is 4.79 Å². The van der Waals surface area contributed by atoms with Gasteiger partial charge in [-0.05, 0) is 57.5 Å². The van der Waals surface area contributed by atoms with Crippen molar-refractivity contribution in [3.8, 4) is 0 Å². The van der Waals surface area contributed by atoms with Crippen LogP contribution in [0.1, 0.15) is 44.9 Å². The summed E-state index contributed by atoms with van der Waals surface area (Å²) >= 11 is 0. The van der Waals surface area contributed by atoms with Crippen molar-refractivity contribution in [2.45, 2.75) is 57.0 Å². The highest BCUT2D eigenvalue weighted by atomic mass is 16.1. The van der Waals surface area contributed by atoms with E-state index in [0.29, 0.717) is 12.5 Å². The Kier molecular flexibility index (Phi) is 4.38. The standard InChI is InChI=1S/C15H27N3O/c19-15(17-13-1-2-13)7-10-18(14-3-4-14)11-12-5-8-16-9-6-12/h12-14,16H,1-11H2,(H,17,19). The highest BCUT2D eigenvalue weighted by molar-refractivity contribution is 5.76. The van der Waals surface area contributed by atoms with Gasteiger partial charge in [-0.15, -0.1) is 0 Å². The molecule has 2 saturated carbocycles. The van der Waals surface area contributed by atoms with Crippen LogP contribution in [0.2, 0.25) is 0 Å². The first-order valence-corrected chi connectivity index (χ1v) is 8.05. The first-order chi connectivity index (χ1) is 9.31. The highest BCUT2D eigenvalue weighted by Crippen LogP contribution is 2.29. The van der Waals surface area contributed by atoms with Crippen LogP contribution in [0.4, 0.5) is 0 Å². The van der Waals surface area contributed by atoms with Crippen LogP contribution in [-0.2, 0) is 4.79 Å². The number of carbonyl (C=O) groups is 1. The Hall–Kier alpha value is -0.610. The third kappa shape index (κ3) is 4.46. The lowest BCUT2D eigenvalue weighted by Gasteiger charge is -2.30. The summed E-state index contributed by atoms with van der Waals surface area (Å²) in [5.74, 6) is 1.10. The van der Waals surface area contributed by atoms with Gasteiger partial charge in [0.1, 0.15) is 0 Å². The molecule has 0 unspecified atom stereocenters. The fraction of sp³-hybridized carbons (Fsp3) is 0.933. The van der Waals surface area contributed by atoms with Crippen LogP contribution in [0.15, 0.2) is 0 Å². The monoisotopic (exact) mass is 265 g/mol. The van der Waals surface area contributed by atoms with E-state index in [9.17, 15) is 4.79 Å². The number of nitrogens with one attached hydrogen (secondary N) is 2. The van der Waals surface area contributed by atoms with Gasteiger partial charge in [-0.3, -0.25) is 9.69 Å². The fourth-order valence-electron chi connectivity index (χ4n) is 3.03. The van der Waals surface area contributed by atoms with Gasteiger partial charge in [0.05, 0.1) is 0 Å². The van der Waals surface area contributed by atoms with Crippen molar-refractivity contribution in [3.05, 3.63) is 0 Å². The predicted octanol–water partition coefficient (Wildman–Crippen LogP) is 1.12. The molecule has 4 nitrogen and oxygen atoms in total. The second-order valence-corrected chi connectivity index (χ2v) is 6.51. The molecular formula is C15H27N3O. The average Bonchev–Trinajstić information content (AvgIpc) is 3.28. The molecule has 1 amide bonds. The summed E-state index contributed by atoms with van der Waals surface area (Å²) in [4.78, 5) is 14.4. The molecule has 0 aromatic carbocycles. The first-order valence-electron chi connectivity index (χ1n) is 8.05. The smallest absolute Gasteiger partial charge is 0.221 e. The van der Waals surface area contributed by atoms with E-state index in [1.807, 2.05) is 0 Å². The molecular weight excluding hydrogens is 238 g/mol. The van der Waals surface area contributed by atoms with Gasteiger partial charge in [-0.25, -0.2) is 0 Å². The van der Waals surface area contributed by atoms with Crippen LogP contribution >= 0.6 is 0 Å². The third-order valence-corrected chi connectivity index (χ3v) is 4.58. The molecule has 3 aliphatic rings. The van der Waals surface area contributed by atoms with Crippen LogP contribution in [0.5, 0.6) is 0 Å². The summed E-state index contributed by atoms with van der Waals surface area (Å²) in [6.45, 7) is 4.52. The number of hydrogen-bond acceptors (Lipinski definition) is 3. The van der Waals surface area contributed by atoms with E-state index in [-0.39, 0.29) is 5.91 Å². The molecule has 3 rings (SSSR count). The maximum Gasteiger partial charge on any atom is 0.221 e. The minimum atomic E-state index is 0.262. The molecule has 4 heteroatoms. The van der Waals surface area contributed by atoms with E-state index in [2.05, 4.69) is 15.5 Å². The van der Waals surface area contributed by atoms with E-state index in [1.54, 1.807) is 0 Å². The van der Waals surface area contributed by atoms with E-state index in [4.69, 9.17) is 0 Å². The lowest BCUT2D eigenvalue weighted by atomic mass is 9.97. The van der Waals surface area contributed by atoms with E-state index < -0.39 is 0 Å². The predicted molar refractivity (Wildman–Crippen MR) is 76.0 cm³/mol. The zero-order valence-corrected chi connectivity index (χ0v) is 11.9. The zero-order chi connectivity index (χ0) is 13.1. The van der Waals surface area contributed by atoms with Crippen molar-refractivity contribution in [3.63, 3.8) is 0 Å². The van der Waals surface area contributed by atoms with Crippen molar-refractivity contribution in [1.82, 2.24) is 15.5 Å². The molecule has 1 saturated heterocycles. The third-order valence-electron chi connectivity index (χ3n) is 4.58. The van der Waals surface area contributed by atoms with Gasteiger partial charge in [0, 0.05) is 31.6 Å². The van der Waals surface area contributed by atoms with Gasteiger partial charge in [0.25, 0.3) is 0 Å². The molecule has 0 radical (unpaired) electrons. The average molecular weight is 265 g/mol. The van der Waals surface area contributed by atoms with Crippen LogP contribution in [0.3, 0.4) is 0 Å². The number of amides is 1. The SMILES string of the molecule is O=C(CCN(CC1CCNCC1)C1CC1)NC1CC1. The largest absolute Gasteiger partial charge is 0.353 e. The number of nitrogens with zero attached hydrogens (tertiary/aromatic N) is 1. The summed E-state index contributed by atoms with van der Waals surface area (Å²) in [5, 5.41) is 6.53. The minimum Gasteiger partial charge on any atom is -0.353 e. The van der Waals surface area contributed by atoms with Gasteiger partial charge in [-0.1, -0.05) is 0 Å². The van der Waals surface area contributed by atoms with E-state index in [0.717, 1.165) is 18.5 Å². The van der Waals surface area contributed by atoms with E-state index >= 15 is 0 Å². The van der Waals surface area contributed by atoms with Crippen LogP contribution in [-0.4, -0.2) is 49.1 Å². The van der Waals surface area contributed by atoms with Crippen molar-refractivity contribution in [2.24, 2.45) is 5.92 Å². The molecule has 0 atom stereocenters. The molecule has 108 valence electrons. The molecule has 3 fully saturated rings. The first kappa shape index (κ1) is 13.4. The molecule has 19 heavy (non-hydrogen) atoms. The van der Waals surface area contributed by atoms with Crippen LogP contribution < -0.4 is 10.6 Å². The molecule has 0 bridgehead atoms. The van der Waals surface area contributed by atoms with Crippen LogP contribution in [0.25, 0.3) is 0 Å². The minimum absolute atomic E-state index is 0.262. The molecule has 1 heterocycles. The highest BCUT2D eigenvalue weighted by Gasteiger charge is 2.31. The molecule has 2 N–H and O–H groups in total. The van der Waals surface area contributed by atoms with Crippen molar-refractivity contribution in [1.29, 1.82) is 0 Å². The Labute approximate surface area is 116 Å². The lowest BCUT2D eigenvalue weighted by molar-refractivity contribution is -0.121. The van der Waals surface area contributed by atoms with Gasteiger partial charge >= 0.3 is 0 Å². The topological polar surface area (TPSA) is 44.4 Å². The summed E-state index contributed by atoms with van der Waals surface area (Å²) in [5.41, 5.74) is 0. The molecule has 1 aliphatic heterocycles. The van der Waals surface area contributed by atoms with Crippen molar-refractivity contribution in [2.75, 3.05) is 26.2 Å². The number of hydrogen-bond donors (Lipinski definition) is 2. The Morgan fingerprint density at radius 2 is 1.84 bits per heavy atom. The Balaban J connectivity index is 1.40. The Bertz CT molecular complexity index is 307. The number of piperidine rings is 1. The molecule has 0 aromatic heterocycles. The zero-order valence-electron chi connectivity index (χ0n) is 11.9. The fourth-order valence-corrected chi connectivity index (χ4v) is 3.03. The molecule has 2 aliphatic carbocycles. The van der Waals surface area contributed by atoms with Gasteiger partial charge < -0.3 is 10.6 Å². The van der Waals surface area contributed by atoms with Gasteiger partial charge in [-0.2, -0.15) is 0 Å². The van der Waals surface area contributed by atoms with E-state index in [1.165, 1.54) is 58.2 Å². The van der Waals surface area contributed by atoms with Crippen molar-refractivity contribution >= 4 is 5.91 Å². The Morgan fingerprint density at radius 3 is 2.47 bits per heavy atom. The lowest BCUT2D eigenvalue weighted by Crippen LogP contribution is -2.39. The number of carbonyl (C=O) groups excluding carboxylic acids is 1. The maximum absolute atomic E-state index is 11.8. The summed E-state index contributed by atoms with van der Waals surface area (Å²) in [6, 6.07) is 1.29. The second-order valence-electron chi connectivity index (χ2n) is 6.51. The van der Waals surface area contributed by atoms with Gasteiger partial charge in [0.15, 0.2) is 0 Å². The molecule has 0 aromatic rings. The maximum atomic E-state index is 11.8.